The number of rotatable bonds is 11. The zero-order chi connectivity index (χ0) is 11.4. The normalized spacial score (nSPS) is 11.2. The topological polar surface area (TPSA) is 18.5 Å². The molecule has 0 N–H and O–H groups in total. The van der Waals surface area contributed by atoms with Crippen molar-refractivity contribution in [3.63, 3.8) is 0 Å². The van der Waals surface area contributed by atoms with Crippen LogP contribution in [-0.2, 0) is 8.85 Å². The number of hydrogen-bond donors (Lipinski definition) is 0. The summed E-state index contributed by atoms with van der Waals surface area (Å²) in [6.45, 7) is 6.08. The SMILES string of the molecule is CCCCO[SiH](CCCCl)OCCCC. The Bertz CT molecular complexity index is 115. The first-order valence-electron chi connectivity index (χ1n) is 6.14. The Balaban J connectivity index is 3.53. The largest absolute Gasteiger partial charge is 0.397 e. The first-order chi connectivity index (χ1) is 7.35. The molecule has 0 bridgehead atoms. The Morgan fingerprint density at radius 3 is 1.87 bits per heavy atom. The monoisotopic (exact) mass is 252 g/mol. The summed E-state index contributed by atoms with van der Waals surface area (Å²) in [6.07, 6.45) is 5.68. The second-order valence-electron chi connectivity index (χ2n) is 3.71. The molecule has 4 heteroatoms. The number of hydrogen-bond acceptors (Lipinski definition) is 2. The van der Waals surface area contributed by atoms with Crippen molar-refractivity contribution in [2.45, 2.75) is 52.0 Å². The Morgan fingerprint density at radius 1 is 0.933 bits per heavy atom. The highest BCUT2D eigenvalue weighted by atomic mass is 35.5. The summed E-state index contributed by atoms with van der Waals surface area (Å²) in [5.41, 5.74) is 0. The molecule has 0 spiro atoms. The van der Waals surface area contributed by atoms with E-state index in [1.807, 2.05) is 0 Å². The lowest BCUT2D eigenvalue weighted by molar-refractivity contribution is 0.191. The summed E-state index contributed by atoms with van der Waals surface area (Å²) in [4.78, 5) is 0. The molecule has 0 radical (unpaired) electrons. The van der Waals surface area contributed by atoms with Gasteiger partial charge in [0.25, 0.3) is 0 Å². The third kappa shape index (κ3) is 10.7. The van der Waals surface area contributed by atoms with Crippen LogP contribution in [-0.4, -0.2) is 28.4 Å². The summed E-state index contributed by atoms with van der Waals surface area (Å²) >= 11 is 5.68. The smallest absolute Gasteiger partial charge is 0.321 e. The average Bonchev–Trinajstić information content (AvgIpc) is 2.25. The van der Waals surface area contributed by atoms with Gasteiger partial charge in [0.2, 0.25) is 0 Å². The van der Waals surface area contributed by atoms with E-state index in [1.54, 1.807) is 0 Å². The van der Waals surface area contributed by atoms with Gasteiger partial charge in [-0.15, -0.1) is 11.6 Å². The second-order valence-corrected chi connectivity index (χ2v) is 6.19. The van der Waals surface area contributed by atoms with Crippen LogP contribution in [0.15, 0.2) is 0 Å². The molecule has 0 rings (SSSR count). The molecule has 0 aliphatic heterocycles. The van der Waals surface area contributed by atoms with E-state index in [1.165, 1.54) is 12.8 Å². The minimum atomic E-state index is -1.40. The molecular formula is C11H25ClO2Si. The van der Waals surface area contributed by atoms with E-state index in [0.29, 0.717) is 0 Å². The van der Waals surface area contributed by atoms with Gasteiger partial charge in [0.1, 0.15) is 0 Å². The highest BCUT2D eigenvalue weighted by Crippen LogP contribution is 2.05. The Hall–Kier alpha value is 0.427. The molecule has 0 atom stereocenters. The van der Waals surface area contributed by atoms with E-state index >= 15 is 0 Å². The zero-order valence-electron chi connectivity index (χ0n) is 10.1. The van der Waals surface area contributed by atoms with Crippen LogP contribution < -0.4 is 0 Å². The number of alkyl halides is 1. The third-order valence-electron chi connectivity index (χ3n) is 2.18. The summed E-state index contributed by atoms with van der Waals surface area (Å²) in [7, 11) is -1.40. The molecule has 0 saturated carbocycles. The van der Waals surface area contributed by atoms with Gasteiger partial charge in [-0.25, -0.2) is 0 Å². The van der Waals surface area contributed by atoms with Crippen LogP contribution in [0.25, 0.3) is 0 Å². The lowest BCUT2D eigenvalue weighted by Gasteiger charge is -2.16. The zero-order valence-corrected chi connectivity index (χ0v) is 12.0. The van der Waals surface area contributed by atoms with E-state index in [0.717, 1.165) is 44.4 Å². The Labute approximate surface area is 101 Å². The molecule has 0 aromatic heterocycles. The van der Waals surface area contributed by atoms with Crippen LogP contribution in [0.1, 0.15) is 46.0 Å². The van der Waals surface area contributed by atoms with E-state index in [4.69, 9.17) is 20.5 Å². The van der Waals surface area contributed by atoms with E-state index in [9.17, 15) is 0 Å². The molecule has 0 saturated heterocycles. The predicted octanol–water partition coefficient (Wildman–Crippen LogP) is 3.47. The second kappa shape index (κ2) is 12.5. The molecule has 0 unspecified atom stereocenters. The summed E-state index contributed by atoms with van der Waals surface area (Å²) < 4.78 is 11.6. The van der Waals surface area contributed by atoms with Gasteiger partial charge in [0.15, 0.2) is 0 Å². The van der Waals surface area contributed by atoms with Crippen molar-refractivity contribution < 1.29 is 8.85 Å². The van der Waals surface area contributed by atoms with Gasteiger partial charge >= 0.3 is 9.28 Å². The lowest BCUT2D eigenvalue weighted by Crippen LogP contribution is -2.24. The third-order valence-corrected chi connectivity index (χ3v) is 4.54. The van der Waals surface area contributed by atoms with Crippen molar-refractivity contribution in [1.82, 2.24) is 0 Å². The van der Waals surface area contributed by atoms with Gasteiger partial charge in [-0.05, 0) is 25.3 Å². The number of unbranched alkanes of at least 4 members (excludes halogenated alkanes) is 2. The molecule has 0 amide bonds. The van der Waals surface area contributed by atoms with E-state index in [2.05, 4.69) is 13.8 Å². The highest BCUT2D eigenvalue weighted by Gasteiger charge is 2.12. The quantitative estimate of drug-likeness (QED) is 0.319. The van der Waals surface area contributed by atoms with Crippen molar-refractivity contribution in [1.29, 1.82) is 0 Å². The highest BCUT2D eigenvalue weighted by molar-refractivity contribution is 6.44. The molecule has 0 heterocycles. The van der Waals surface area contributed by atoms with Crippen molar-refractivity contribution in [2.24, 2.45) is 0 Å². The summed E-state index contributed by atoms with van der Waals surface area (Å²) in [5.74, 6) is 0.720. The van der Waals surface area contributed by atoms with Crippen LogP contribution in [0.4, 0.5) is 0 Å². The molecule has 0 aliphatic rings. The van der Waals surface area contributed by atoms with Gasteiger partial charge < -0.3 is 8.85 Å². The molecule has 2 nitrogen and oxygen atoms in total. The summed E-state index contributed by atoms with van der Waals surface area (Å²) in [5, 5.41) is 0. The van der Waals surface area contributed by atoms with Gasteiger partial charge in [-0.2, -0.15) is 0 Å². The standard InChI is InChI=1S/C11H25ClO2Si/c1-3-5-9-13-15(11-7-8-12)14-10-6-4-2/h15H,3-11H2,1-2H3. The lowest BCUT2D eigenvalue weighted by atomic mass is 10.4. The van der Waals surface area contributed by atoms with Gasteiger partial charge in [-0.3, -0.25) is 0 Å². The maximum Gasteiger partial charge on any atom is 0.321 e. The Kier molecular flexibility index (Phi) is 12.9. The van der Waals surface area contributed by atoms with Crippen LogP contribution >= 0.6 is 11.6 Å². The molecule has 92 valence electrons. The predicted molar refractivity (Wildman–Crippen MR) is 69.0 cm³/mol. The Morgan fingerprint density at radius 2 is 1.47 bits per heavy atom. The van der Waals surface area contributed by atoms with Crippen molar-refractivity contribution >= 4 is 20.9 Å². The van der Waals surface area contributed by atoms with Crippen LogP contribution in [0, 0.1) is 0 Å². The van der Waals surface area contributed by atoms with Crippen LogP contribution in [0.2, 0.25) is 6.04 Å². The van der Waals surface area contributed by atoms with Crippen molar-refractivity contribution in [2.75, 3.05) is 19.1 Å². The first kappa shape index (κ1) is 15.4. The minimum absolute atomic E-state index is 0.720. The average molecular weight is 253 g/mol. The van der Waals surface area contributed by atoms with Crippen LogP contribution in [0.3, 0.4) is 0 Å². The maximum absolute atomic E-state index is 5.79. The molecule has 0 fully saturated rings. The molecule has 0 aromatic carbocycles. The first-order valence-corrected chi connectivity index (χ1v) is 8.43. The fourth-order valence-corrected chi connectivity index (χ4v) is 3.42. The van der Waals surface area contributed by atoms with E-state index < -0.39 is 9.28 Å². The fourth-order valence-electron chi connectivity index (χ4n) is 1.18. The molecular weight excluding hydrogens is 228 g/mol. The van der Waals surface area contributed by atoms with Gasteiger partial charge in [0, 0.05) is 19.1 Å². The molecule has 15 heavy (non-hydrogen) atoms. The summed E-state index contributed by atoms with van der Waals surface area (Å²) in [6, 6.07) is 1.05. The maximum atomic E-state index is 5.79. The molecule has 0 aliphatic carbocycles. The fraction of sp³-hybridized carbons (Fsp3) is 1.00. The van der Waals surface area contributed by atoms with Gasteiger partial charge in [0.05, 0.1) is 0 Å². The number of halogens is 1. The minimum Gasteiger partial charge on any atom is -0.397 e. The van der Waals surface area contributed by atoms with Crippen LogP contribution in [0.5, 0.6) is 0 Å². The van der Waals surface area contributed by atoms with Crippen molar-refractivity contribution in [3.05, 3.63) is 0 Å². The van der Waals surface area contributed by atoms with Crippen molar-refractivity contribution in [3.8, 4) is 0 Å². The molecule has 0 aromatic rings. The van der Waals surface area contributed by atoms with Gasteiger partial charge in [-0.1, -0.05) is 26.7 Å². The van der Waals surface area contributed by atoms with E-state index in [-0.39, 0.29) is 0 Å².